The fourth-order valence-electron chi connectivity index (χ4n) is 4.17. The number of amides is 1. The number of pyridine rings is 1. The van der Waals surface area contributed by atoms with Crippen LogP contribution in [0.1, 0.15) is 42.6 Å². The minimum absolute atomic E-state index is 0.151. The molecule has 0 bridgehead atoms. The van der Waals surface area contributed by atoms with E-state index in [4.69, 9.17) is 0 Å². The molecule has 0 atom stereocenters. The normalized spacial score (nSPS) is 15.7. The molecule has 0 unspecified atom stereocenters. The molecule has 3 aromatic rings. The van der Waals surface area contributed by atoms with Crippen molar-refractivity contribution in [2.24, 2.45) is 5.92 Å². The molecular formula is C23H26F2N4O3S. The molecule has 0 radical (unpaired) electrons. The van der Waals surface area contributed by atoms with Crippen molar-refractivity contribution in [3.8, 4) is 0 Å². The van der Waals surface area contributed by atoms with Gasteiger partial charge >= 0.3 is 0 Å². The SMILES string of the molecule is O=C(NCCCCC1CCN(S(=O)(=O)c2ccc(F)c(F)c2)CC1)c1cc2cnccc2[nH]1. The van der Waals surface area contributed by atoms with Crippen LogP contribution in [0.3, 0.4) is 0 Å². The van der Waals surface area contributed by atoms with E-state index in [9.17, 15) is 22.0 Å². The Morgan fingerprint density at radius 1 is 1.12 bits per heavy atom. The number of carbonyl (C=O) groups excluding carboxylic acids is 1. The lowest BCUT2D eigenvalue weighted by atomic mass is 9.92. The first-order chi connectivity index (χ1) is 15.8. The number of H-pyrrole nitrogens is 1. The third-order valence-corrected chi connectivity index (χ3v) is 7.99. The number of nitrogens with zero attached hydrogens (tertiary/aromatic N) is 2. The Hall–Kier alpha value is -2.85. The van der Waals surface area contributed by atoms with Crippen LogP contribution in [0.4, 0.5) is 8.78 Å². The molecule has 10 heteroatoms. The van der Waals surface area contributed by atoms with Crippen LogP contribution < -0.4 is 5.32 Å². The summed E-state index contributed by atoms with van der Waals surface area (Å²) < 4.78 is 53.3. The van der Waals surface area contributed by atoms with Crippen molar-refractivity contribution in [2.75, 3.05) is 19.6 Å². The topological polar surface area (TPSA) is 95.2 Å². The number of halogens is 2. The molecule has 33 heavy (non-hydrogen) atoms. The number of benzene rings is 1. The summed E-state index contributed by atoms with van der Waals surface area (Å²) in [5, 5.41) is 3.81. The molecule has 1 fully saturated rings. The van der Waals surface area contributed by atoms with Crippen molar-refractivity contribution in [2.45, 2.75) is 37.0 Å². The number of fused-ring (bicyclic) bond motifs is 1. The molecule has 0 aliphatic carbocycles. The Kier molecular flexibility index (Phi) is 7.04. The van der Waals surface area contributed by atoms with E-state index in [1.54, 1.807) is 18.5 Å². The van der Waals surface area contributed by atoms with Crippen molar-refractivity contribution >= 4 is 26.8 Å². The predicted octanol–water partition coefficient (Wildman–Crippen LogP) is 3.84. The van der Waals surface area contributed by atoms with Gasteiger partial charge in [-0.25, -0.2) is 17.2 Å². The monoisotopic (exact) mass is 476 g/mol. The van der Waals surface area contributed by atoms with Crippen LogP contribution in [-0.4, -0.2) is 48.2 Å². The molecule has 2 aromatic heterocycles. The zero-order valence-corrected chi connectivity index (χ0v) is 18.9. The standard InChI is InChI=1S/C23H26F2N4O3S/c24-19-5-4-18(14-20(19)25)33(31,32)29-11-7-16(8-12-29)3-1-2-9-27-23(30)22-13-17-15-26-10-6-21(17)28-22/h4-6,10,13-16,28H,1-3,7-9,11-12H2,(H,27,30). The number of hydrogen-bond acceptors (Lipinski definition) is 4. The van der Waals surface area contributed by atoms with E-state index in [1.807, 2.05) is 6.07 Å². The van der Waals surface area contributed by atoms with Crippen LogP contribution in [0, 0.1) is 17.6 Å². The molecule has 0 spiro atoms. The first kappa shape index (κ1) is 23.3. The molecule has 3 heterocycles. The molecule has 176 valence electrons. The lowest BCUT2D eigenvalue weighted by Crippen LogP contribution is -2.38. The van der Waals surface area contributed by atoms with Gasteiger partial charge in [-0.3, -0.25) is 9.78 Å². The van der Waals surface area contributed by atoms with E-state index in [0.29, 0.717) is 31.2 Å². The van der Waals surface area contributed by atoms with Gasteiger partial charge in [0, 0.05) is 42.9 Å². The van der Waals surface area contributed by atoms with E-state index in [1.165, 1.54) is 4.31 Å². The molecular weight excluding hydrogens is 450 g/mol. The van der Waals surface area contributed by atoms with Gasteiger partial charge in [0.05, 0.1) is 4.90 Å². The van der Waals surface area contributed by atoms with Crippen LogP contribution in [0.5, 0.6) is 0 Å². The second-order valence-corrected chi connectivity index (χ2v) is 10.3. The van der Waals surface area contributed by atoms with Crippen LogP contribution in [0.25, 0.3) is 10.9 Å². The maximum atomic E-state index is 13.4. The number of unbranched alkanes of at least 4 members (excludes halogenated alkanes) is 1. The van der Waals surface area contributed by atoms with Gasteiger partial charge in [-0.1, -0.05) is 12.8 Å². The van der Waals surface area contributed by atoms with Gasteiger partial charge in [-0.2, -0.15) is 4.31 Å². The number of aromatic amines is 1. The third kappa shape index (κ3) is 5.39. The van der Waals surface area contributed by atoms with Gasteiger partial charge in [-0.15, -0.1) is 0 Å². The molecule has 0 saturated carbocycles. The molecule has 1 saturated heterocycles. The predicted molar refractivity (Wildman–Crippen MR) is 120 cm³/mol. The van der Waals surface area contributed by atoms with Gasteiger partial charge in [0.25, 0.3) is 5.91 Å². The zero-order valence-electron chi connectivity index (χ0n) is 18.1. The zero-order chi connectivity index (χ0) is 23.4. The van der Waals surface area contributed by atoms with Gasteiger partial charge in [0.2, 0.25) is 10.0 Å². The quantitative estimate of drug-likeness (QED) is 0.483. The van der Waals surface area contributed by atoms with Crippen molar-refractivity contribution in [3.05, 3.63) is 60.1 Å². The average molecular weight is 477 g/mol. The van der Waals surface area contributed by atoms with Crippen LogP contribution >= 0.6 is 0 Å². The largest absolute Gasteiger partial charge is 0.351 e. The van der Waals surface area contributed by atoms with Crippen LogP contribution in [0.2, 0.25) is 0 Å². The van der Waals surface area contributed by atoms with Crippen LogP contribution in [0.15, 0.2) is 47.6 Å². The fourth-order valence-corrected chi connectivity index (χ4v) is 5.66. The first-order valence-electron chi connectivity index (χ1n) is 11.0. The molecule has 2 N–H and O–H groups in total. The van der Waals surface area contributed by atoms with Gasteiger partial charge in [0.1, 0.15) is 5.69 Å². The Labute approximate surface area is 191 Å². The number of aromatic nitrogens is 2. The second kappa shape index (κ2) is 9.96. The lowest BCUT2D eigenvalue weighted by molar-refractivity contribution is 0.0948. The van der Waals surface area contributed by atoms with Crippen molar-refractivity contribution in [3.63, 3.8) is 0 Å². The summed E-state index contributed by atoms with van der Waals surface area (Å²) in [6.07, 6.45) is 7.53. The Morgan fingerprint density at radius 2 is 1.91 bits per heavy atom. The molecule has 1 aliphatic heterocycles. The molecule has 1 amide bonds. The molecule has 1 aliphatic rings. The summed E-state index contributed by atoms with van der Waals surface area (Å²) in [6, 6.07) is 6.27. The minimum atomic E-state index is -3.83. The summed E-state index contributed by atoms with van der Waals surface area (Å²) in [4.78, 5) is 19.2. The van der Waals surface area contributed by atoms with Crippen molar-refractivity contribution in [1.29, 1.82) is 0 Å². The summed E-state index contributed by atoms with van der Waals surface area (Å²) >= 11 is 0. The second-order valence-electron chi connectivity index (χ2n) is 8.32. The third-order valence-electron chi connectivity index (χ3n) is 6.09. The highest BCUT2D eigenvalue weighted by Crippen LogP contribution is 2.27. The minimum Gasteiger partial charge on any atom is -0.351 e. The molecule has 7 nitrogen and oxygen atoms in total. The molecule has 4 rings (SSSR count). The summed E-state index contributed by atoms with van der Waals surface area (Å²) in [7, 11) is -3.83. The number of sulfonamides is 1. The first-order valence-corrected chi connectivity index (χ1v) is 12.4. The highest BCUT2D eigenvalue weighted by atomic mass is 32.2. The van der Waals surface area contributed by atoms with Crippen LogP contribution in [-0.2, 0) is 10.0 Å². The Morgan fingerprint density at radius 3 is 2.64 bits per heavy atom. The van der Waals surface area contributed by atoms with E-state index >= 15 is 0 Å². The number of carbonyl (C=O) groups is 1. The number of nitrogens with one attached hydrogen (secondary N) is 2. The number of rotatable bonds is 8. The summed E-state index contributed by atoms with van der Waals surface area (Å²) in [5.41, 5.74) is 1.38. The van der Waals surface area contributed by atoms with E-state index < -0.39 is 21.7 Å². The highest BCUT2D eigenvalue weighted by Gasteiger charge is 2.29. The smallest absolute Gasteiger partial charge is 0.267 e. The van der Waals surface area contributed by atoms with Gasteiger partial charge in [-0.05, 0) is 55.5 Å². The Balaban J connectivity index is 1.17. The number of piperidine rings is 1. The van der Waals surface area contributed by atoms with Gasteiger partial charge < -0.3 is 10.3 Å². The van der Waals surface area contributed by atoms with Crippen molar-refractivity contribution in [1.82, 2.24) is 19.6 Å². The molecule has 1 aromatic carbocycles. The number of hydrogen-bond donors (Lipinski definition) is 2. The fraction of sp³-hybridized carbons (Fsp3) is 0.391. The average Bonchev–Trinajstić information content (AvgIpc) is 3.25. The maximum Gasteiger partial charge on any atom is 0.267 e. The highest BCUT2D eigenvalue weighted by molar-refractivity contribution is 7.89. The van der Waals surface area contributed by atoms with E-state index in [2.05, 4.69) is 15.3 Å². The van der Waals surface area contributed by atoms with Crippen molar-refractivity contribution < 1.29 is 22.0 Å². The van der Waals surface area contributed by atoms with E-state index in [-0.39, 0.29) is 10.8 Å². The maximum absolute atomic E-state index is 13.4. The summed E-state index contributed by atoms with van der Waals surface area (Å²) in [6.45, 7) is 1.28. The Bertz CT molecular complexity index is 1200. The summed E-state index contributed by atoms with van der Waals surface area (Å²) in [5.74, 6) is -1.98. The van der Waals surface area contributed by atoms with E-state index in [0.717, 1.165) is 61.2 Å². The van der Waals surface area contributed by atoms with Gasteiger partial charge in [0.15, 0.2) is 11.6 Å². The lowest BCUT2D eigenvalue weighted by Gasteiger charge is -2.31.